The molecule has 0 saturated carbocycles. The van der Waals surface area contributed by atoms with Gasteiger partial charge in [0.15, 0.2) is 0 Å². The van der Waals surface area contributed by atoms with Crippen molar-refractivity contribution in [1.82, 2.24) is 14.6 Å². The van der Waals surface area contributed by atoms with Gasteiger partial charge in [0.1, 0.15) is 0 Å². The first kappa shape index (κ1) is 18.2. The van der Waals surface area contributed by atoms with E-state index in [1.54, 1.807) is 12.3 Å². The molecule has 3 rings (SSSR count). The fourth-order valence-corrected chi connectivity index (χ4v) is 4.73. The van der Waals surface area contributed by atoms with Gasteiger partial charge in [0, 0.05) is 41.8 Å². The van der Waals surface area contributed by atoms with Crippen LogP contribution in [0.3, 0.4) is 0 Å². The summed E-state index contributed by atoms with van der Waals surface area (Å²) in [6.07, 6.45) is 4.87. The largest absolute Gasteiger partial charge is 0.361 e. The van der Waals surface area contributed by atoms with E-state index in [9.17, 15) is 13.2 Å². The SMILES string of the molecule is O=C(Cc1c[nH]c2ccc(Cl)cc12)NCCS(=O)(=O)N1CCCCC1. The van der Waals surface area contributed by atoms with Crippen molar-refractivity contribution in [3.63, 3.8) is 0 Å². The van der Waals surface area contributed by atoms with Gasteiger partial charge < -0.3 is 10.3 Å². The van der Waals surface area contributed by atoms with Crippen LogP contribution in [0.25, 0.3) is 10.9 Å². The number of amides is 1. The van der Waals surface area contributed by atoms with Crippen LogP contribution in [0.2, 0.25) is 5.02 Å². The Labute approximate surface area is 152 Å². The number of halogens is 1. The van der Waals surface area contributed by atoms with E-state index in [1.165, 1.54) is 4.31 Å². The van der Waals surface area contributed by atoms with Gasteiger partial charge in [-0.3, -0.25) is 4.79 Å². The van der Waals surface area contributed by atoms with Crippen molar-refractivity contribution in [2.45, 2.75) is 25.7 Å². The van der Waals surface area contributed by atoms with Gasteiger partial charge in [-0.25, -0.2) is 12.7 Å². The Bertz CT molecular complexity index is 857. The first-order chi connectivity index (χ1) is 12.0. The standard InChI is InChI=1S/C17H22ClN3O3S/c18-14-4-5-16-15(11-14)13(12-20-16)10-17(22)19-6-9-25(23,24)21-7-2-1-3-8-21/h4-5,11-12,20H,1-3,6-10H2,(H,19,22). The Balaban J connectivity index is 1.53. The van der Waals surface area contributed by atoms with Crippen LogP contribution < -0.4 is 5.32 Å². The minimum absolute atomic E-state index is 0.0571. The van der Waals surface area contributed by atoms with E-state index in [0.29, 0.717) is 18.1 Å². The molecule has 1 aromatic heterocycles. The van der Waals surface area contributed by atoms with Crippen molar-refractivity contribution in [2.24, 2.45) is 0 Å². The zero-order valence-corrected chi connectivity index (χ0v) is 15.5. The number of piperidine rings is 1. The van der Waals surface area contributed by atoms with Gasteiger partial charge in [-0.05, 0) is 36.6 Å². The summed E-state index contributed by atoms with van der Waals surface area (Å²) in [4.78, 5) is 15.2. The number of benzene rings is 1. The highest BCUT2D eigenvalue weighted by atomic mass is 35.5. The van der Waals surface area contributed by atoms with E-state index in [2.05, 4.69) is 10.3 Å². The van der Waals surface area contributed by atoms with Crippen LogP contribution in [0.15, 0.2) is 24.4 Å². The first-order valence-electron chi connectivity index (χ1n) is 8.46. The van der Waals surface area contributed by atoms with Crippen LogP contribution in [0, 0.1) is 0 Å². The Morgan fingerprint density at radius 2 is 2.00 bits per heavy atom. The highest BCUT2D eigenvalue weighted by molar-refractivity contribution is 7.89. The molecule has 2 N–H and O–H groups in total. The lowest BCUT2D eigenvalue weighted by Gasteiger charge is -2.25. The number of hydrogen-bond acceptors (Lipinski definition) is 3. The van der Waals surface area contributed by atoms with Gasteiger partial charge in [0.2, 0.25) is 15.9 Å². The molecule has 25 heavy (non-hydrogen) atoms. The minimum Gasteiger partial charge on any atom is -0.361 e. The number of nitrogens with zero attached hydrogens (tertiary/aromatic N) is 1. The van der Waals surface area contributed by atoms with Crippen LogP contribution >= 0.6 is 11.6 Å². The van der Waals surface area contributed by atoms with Crippen LogP contribution in [-0.4, -0.2) is 49.0 Å². The molecule has 2 heterocycles. The third-order valence-electron chi connectivity index (χ3n) is 4.47. The van der Waals surface area contributed by atoms with E-state index < -0.39 is 10.0 Å². The van der Waals surface area contributed by atoms with E-state index in [4.69, 9.17) is 11.6 Å². The molecule has 8 heteroatoms. The fourth-order valence-electron chi connectivity index (χ4n) is 3.12. The lowest BCUT2D eigenvalue weighted by atomic mass is 10.1. The van der Waals surface area contributed by atoms with Crippen molar-refractivity contribution < 1.29 is 13.2 Å². The number of H-pyrrole nitrogens is 1. The maximum absolute atomic E-state index is 12.3. The molecular weight excluding hydrogens is 362 g/mol. The number of sulfonamides is 1. The number of rotatable bonds is 6. The zero-order chi connectivity index (χ0) is 17.9. The lowest BCUT2D eigenvalue weighted by molar-refractivity contribution is -0.120. The van der Waals surface area contributed by atoms with Crippen molar-refractivity contribution in [2.75, 3.05) is 25.4 Å². The second-order valence-corrected chi connectivity index (χ2v) is 8.83. The molecule has 0 unspecified atom stereocenters. The summed E-state index contributed by atoms with van der Waals surface area (Å²) in [5.74, 6) is -0.256. The molecular formula is C17H22ClN3O3S. The van der Waals surface area contributed by atoms with E-state index in [-0.39, 0.29) is 24.6 Å². The number of aromatic nitrogens is 1. The molecule has 0 atom stereocenters. The second kappa shape index (κ2) is 7.76. The zero-order valence-electron chi connectivity index (χ0n) is 13.9. The van der Waals surface area contributed by atoms with Crippen LogP contribution in [-0.2, 0) is 21.2 Å². The number of hydrogen-bond donors (Lipinski definition) is 2. The average Bonchev–Trinajstić information content (AvgIpc) is 2.97. The number of aromatic amines is 1. The van der Waals surface area contributed by atoms with E-state index in [1.807, 2.05) is 12.1 Å². The molecule has 6 nitrogen and oxygen atoms in total. The Morgan fingerprint density at radius 3 is 2.76 bits per heavy atom. The topological polar surface area (TPSA) is 82.3 Å². The highest BCUT2D eigenvalue weighted by Gasteiger charge is 2.23. The summed E-state index contributed by atoms with van der Waals surface area (Å²) in [7, 11) is -3.29. The molecule has 1 aliphatic rings. The smallest absolute Gasteiger partial charge is 0.224 e. The summed E-state index contributed by atoms with van der Waals surface area (Å²) in [6.45, 7) is 1.31. The quantitative estimate of drug-likeness (QED) is 0.802. The van der Waals surface area contributed by atoms with Crippen molar-refractivity contribution in [3.05, 3.63) is 35.0 Å². The summed E-state index contributed by atoms with van der Waals surface area (Å²) in [6, 6.07) is 5.47. The van der Waals surface area contributed by atoms with Crippen molar-refractivity contribution >= 4 is 38.4 Å². The minimum atomic E-state index is -3.29. The average molecular weight is 384 g/mol. The summed E-state index contributed by atoms with van der Waals surface area (Å²) < 4.78 is 26.0. The maximum atomic E-state index is 12.3. The number of carbonyl (C=O) groups excluding carboxylic acids is 1. The van der Waals surface area contributed by atoms with Gasteiger partial charge in [0.05, 0.1) is 12.2 Å². The fraction of sp³-hybridized carbons (Fsp3) is 0.471. The maximum Gasteiger partial charge on any atom is 0.224 e. The number of nitrogens with one attached hydrogen (secondary N) is 2. The normalized spacial score (nSPS) is 16.2. The molecule has 1 saturated heterocycles. The summed E-state index contributed by atoms with van der Waals surface area (Å²) in [5.41, 5.74) is 1.76. The number of carbonyl (C=O) groups is 1. The highest BCUT2D eigenvalue weighted by Crippen LogP contribution is 2.22. The van der Waals surface area contributed by atoms with Gasteiger partial charge in [-0.2, -0.15) is 0 Å². The first-order valence-corrected chi connectivity index (χ1v) is 10.4. The predicted octanol–water partition coefficient (Wildman–Crippen LogP) is 2.30. The molecule has 2 aromatic rings. The van der Waals surface area contributed by atoms with Crippen molar-refractivity contribution in [1.29, 1.82) is 0 Å². The predicted molar refractivity (Wildman–Crippen MR) is 99.2 cm³/mol. The van der Waals surface area contributed by atoms with Gasteiger partial charge in [0.25, 0.3) is 0 Å². The van der Waals surface area contributed by atoms with Gasteiger partial charge >= 0.3 is 0 Å². The lowest BCUT2D eigenvalue weighted by Crippen LogP contribution is -2.40. The van der Waals surface area contributed by atoms with E-state index in [0.717, 1.165) is 35.7 Å². The van der Waals surface area contributed by atoms with Crippen molar-refractivity contribution in [3.8, 4) is 0 Å². The van der Waals surface area contributed by atoms with Crippen LogP contribution in [0.1, 0.15) is 24.8 Å². The molecule has 1 fully saturated rings. The molecule has 1 amide bonds. The second-order valence-electron chi connectivity index (χ2n) is 6.31. The third kappa shape index (κ3) is 4.54. The Morgan fingerprint density at radius 1 is 1.24 bits per heavy atom. The molecule has 1 aromatic carbocycles. The number of fused-ring (bicyclic) bond motifs is 1. The van der Waals surface area contributed by atoms with Gasteiger partial charge in [-0.1, -0.05) is 18.0 Å². The van der Waals surface area contributed by atoms with Crippen LogP contribution in [0.4, 0.5) is 0 Å². The monoisotopic (exact) mass is 383 g/mol. The summed E-state index contributed by atoms with van der Waals surface area (Å²) >= 11 is 6.01. The van der Waals surface area contributed by atoms with E-state index >= 15 is 0 Å². The Kier molecular flexibility index (Phi) is 5.66. The molecule has 1 aliphatic heterocycles. The molecule has 136 valence electrons. The molecule has 0 aliphatic carbocycles. The molecule has 0 radical (unpaired) electrons. The van der Waals surface area contributed by atoms with Crippen LogP contribution in [0.5, 0.6) is 0 Å². The summed E-state index contributed by atoms with van der Waals surface area (Å²) in [5, 5.41) is 4.22. The Hall–Kier alpha value is -1.57. The van der Waals surface area contributed by atoms with Gasteiger partial charge in [-0.15, -0.1) is 0 Å². The molecule has 0 spiro atoms. The third-order valence-corrected chi connectivity index (χ3v) is 6.58. The molecule has 0 bridgehead atoms.